The minimum atomic E-state index is -5.01. The quantitative estimate of drug-likeness (QED) is 0.660. The number of imidazole rings is 1. The van der Waals surface area contributed by atoms with Crippen LogP contribution in [-0.2, 0) is 0 Å². The number of rotatable bonds is 3. The lowest BCUT2D eigenvalue weighted by Crippen LogP contribution is -2.31. The van der Waals surface area contributed by atoms with E-state index in [1.54, 1.807) is 0 Å². The summed E-state index contributed by atoms with van der Waals surface area (Å²) in [5, 5.41) is 0. The molecule has 0 saturated carbocycles. The SMILES string of the molecule is FC(F)(F)CC(F)(F)Oc1ccc2[nH]c(=S)[nH]c2c1. The molecule has 1 aromatic carbocycles. The van der Waals surface area contributed by atoms with Gasteiger partial charge in [-0.3, -0.25) is 0 Å². The summed E-state index contributed by atoms with van der Waals surface area (Å²) in [6.45, 7) is 0. The molecule has 0 unspecified atom stereocenters. The van der Waals surface area contributed by atoms with Gasteiger partial charge < -0.3 is 14.7 Å². The van der Waals surface area contributed by atoms with Gasteiger partial charge in [-0.25, -0.2) is 0 Å². The topological polar surface area (TPSA) is 40.8 Å². The van der Waals surface area contributed by atoms with E-state index < -0.39 is 18.7 Å². The van der Waals surface area contributed by atoms with Crippen molar-refractivity contribution in [2.75, 3.05) is 0 Å². The molecule has 2 rings (SSSR count). The van der Waals surface area contributed by atoms with E-state index in [1.807, 2.05) is 0 Å². The highest BCUT2D eigenvalue weighted by Crippen LogP contribution is 2.34. The molecule has 3 nitrogen and oxygen atoms in total. The molecule has 2 N–H and O–H groups in total. The van der Waals surface area contributed by atoms with Gasteiger partial charge in [0.1, 0.15) is 12.2 Å². The average Bonchev–Trinajstić information content (AvgIpc) is 2.52. The summed E-state index contributed by atoms with van der Waals surface area (Å²) in [6, 6.07) is 3.65. The van der Waals surface area contributed by atoms with Gasteiger partial charge in [0.25, 0.3) is 0 Å². The van der Waals surface area contributed by atoms with Crippen molar-refractivity contribution in [1.29, 1.82) is 0 Å². The molecule has 0 bridgehead atoms. The number of aromatic amines is 2. The van der Waals surface area contributed by atoms with Gasteiger partial charge in [-0.1, -0.05) is 0 Å². The molecule has 104 valence electrons. The fraction of sp³-hybridized carbons (Fsp3) is 0.300. The third kappa shape index (κ3) is 3.66. The Hall–Kier alpha value is -1.64. The lowest BCUT2D eigenvalue weighted by atomic mass is 10.3. The van der Waals surface area contributed by atoms with E-state index in [0.29, 0.717) is 11.0 Å². The van der Waals surface area contributed by atoms with E-state index in [0.717, 1.165) is 12.1 Å². The van der Waals surface area contributed by atoms with Gasteiger partial charge in [0.2, 0.25) is 0 Å². The van der Waals surface area contributed by atoms with Crippen LogP contribution in [0.4, 0.5) is 22.0 Å². The van der Waals surface area contributed by atoms with Crippen molar-refractivity contribution in [3.63, 3.8) is 0 Å². The van der Waals surface area contributed by atoms with Crippen molar-refractivity contribution in [1.82, 2.24) is 9.97 Å². The first kappa shape index (κ1) is 13.8. The van der Waals surface area contributed by atoms with Gasteiger partial charge >= 0.3 is 12.3 Å². The zero-order valence-electron chi connectivity index (χ0n) is 9.15. The number of hydrogen-bond acceptors (Lipinski definition) is 2. The van der Waals surface area contributed by atoms with Crippen molar-refractivity contribution in [2.45, 2.75) is 18.7 Å². The highest BCUT2D eigenvalue weighted by molar-refractivity contribution is 7.71. The van der Waals surface area contributed by atoms with Crippen molar-refractivity contribution in [2.24, 2.45) is 0 Å². The Bertz CT molecular complexity index is 645. The normalized spacial score (nSPS) is 12.9. The van der Waals surface area contributed by atoms with Crippen LogP contribution in [0.2, 0.25) is 0 Å². The first-order valence-corrected chi connectivity index (χ1v) is 5.41. The summed E-state index contributed by atoms with van der Waals surface area (Å²) < 4.78 is 66.2. The Labute approximate surface area is 108 Å². The van der Waals surface area contributed by atoms with Crippen LogP contribution in [0.15, 0.2) is 18.2 Å². The Morgan fingerprint density at radius 1 is 1.05 bits per heavy atom. The zero-order valence-corrected chi connectivity index (χ0v) is 9.96. The molecule has 19 heavy (non-hydrogen) atoms. The molecule has 0 aliphatic carbocycles. The Balaban J connectivity index is 2.23. The Morgan fingerprint density at radius 3 is 2.32 bits per heavy atom. The summed E-state index contributed by atoms with van der Waals surface area (Å²) in [6.07, 6.45) is -11.7. The first-order valence-electron chi connectivity index (χ1n) is 5.00. The number of fused-ring (bicyclic) bond motifs is 1. The maximum absolute atomic E-state index is 13.0. The monoisotopic (exact) mass is 298 g/mol. The van der Waals surface area contributed by atoms with Gasteiger partial charge in [0.15, 0.2) is 4.77 Å². The predicted molar refractivity (Wildman–Crippen MR) is 59.7 cm³/mol. The van der Waals surface area contributed by atoms with Crippen LogP contribution in [0.5, 0.6) is 5.75 Å². The molecule has 2 aromatic rings. The van der Waals surface area contributed by atoms with Crippen LogP contribution in [-0.4, -0.2) is 22.3 Å². The van der Waals surface area contributed by atoms with E-state index in [1.165, 1.54) is 6.07 Å². The maximum atomic E-state index is 13.0. The van der Waals surface area contributed by atoms with E-state index in [-0.39, 0.29) is 10.5 Å². The van der Waals surface area contributed by atoms with Gasteiger partial charge in [0.05, 0.1) is 11.0 Å². The van der Waals surface area contributed by atoms with Crippen molar-refractivity contribution in [3.8, 4) is 5.75 Å². The second-order valence-electron chi connectivity index (χ2n) is 3.82. The molecule has 9 heteroatoms. The largest absolute Gasteiger partial charge is 0.432 e. The number of aromatic nitrogens is 2. The molecule has 0 aliphatic rings. The molecule has 0 fully saturated rings. The van der Waals surface area contributed by atoms with E-state index in [4.69, 9.17) is 12.2 Å². The van der Waals surface area contributed by atoms with Crippen LogP contribution in [0, 0.1) is 4.77 Å². The van der Waals surface area contributed by atoms with Gasteiger partial charge in [-0.2, -0.15) is 22.0 Å². The third-order valence-corrected chi connectivity index (χ3v) is 2.36. The van der Waals surface area contributed by atoms with E-state index in [9.17, 15) is 22.0 Å². The number of H-pyrrole nitrogens is 2. The smallest absolute Gasteiger partial charge is 0.406 e. The highest BCUT2D eigenvalue weighted by atomic mass is 32.1. The van der Waals surface area contributed by atoms with Crippen LogP contribution < -0.4 is 4.74 Å². The fourth-order valence-corrected chi connectivity index (χ4v) is 1.74. The van der Waals surface area contributed by atoms with Crippen LogP contribution >= 0.6 is 12.2 Å². The average molecular weight is 298 g/mol. The number of halogens is 5. The lowest BCUT2D eigenvalue weighted by molar-refractivity contribution is -0.255. The Morgan fingerprint density at radius 2 is 1.68 bits per heavy atom. The molecular weight excluding hydrogens is 291 g/mol. The molecule has 0 aliphatic heterocycles. The first-order chi connectivity index (χ1) is 8.65. The highest BCUT2D eigenvalue weighted by Gasteiger charge is 2.45. The summed E-state index contributed by atoms with van der Waals surface area (Å²) in [5.41, 5.74) is 0.904. The molecule has 1 heterocycles. The van der Waals surface area contributed by atoms with Crippen LogP contribution in [0.3, 0.4) is 0 Å². The predicted octanol–water partition coefficient (Wildman–Crippen LogP) is 4.15. The summed E-state index contributed by atoms with van der Waals surface area (Å²) in [7, 11) is 0. The van der Waals surface area contributed by atoms with Crippen molar-refractivity contribution >= 4 is 23.3 Å². The van der Waals surface area contributed by atoms with Crippen molar-refractivity contribution < 1.29 is 26.7 Å². The van der Waals surface area contributed by atoms with Gasteiger partial charge in [-0.05, 0) is 24.4 Å². The number of alkyl halides is 5. The van der Waals surface area contributed by atoms with Gasteiger partial charge in [0, 0.05) is 6.07 Å². The summed E-state index contributed by atoms with van der Waals surface area (Å²) >= 11 is 4.79. The summed E-state index contributed by atoms with van der Waals surface area (Å²) in [4.78, 5) is 5.37. The molecule has 0 amide bonds. The molecule has 0 saturated heterocycles. The minimum absolute atomic E-state index is 0.272. The number of ether oxygens (including phenoxy) is 1. The van der Waals surface area contributed by atoms with Crippen LogP contribution in [0.1, 0.15) is 6.42 Å². The number of nitrogens with one attached hydrogen (secondary N) is 2. The van der Waals surface area contributed by atoms with Crippen molar-refractivity contribution in [3.05, 3.63) is 23.0 Å². The Kier molecular flexibility index (Phi) is 3.25. The molecule has 0 radical (unpaired) electrons. The zero-order chi connectivity index (χ0) is 14.3. The molecule has 1 aromatic heterocycles. The molecular formula is C10H7F5N2OS. The lowest BCUT2D eigenvalue weighted by Gasteiger charge is -2.19. The summed E-state index contributed by atoms with van der Waals surface area (Å²) in [5.74, 6) is -0.382. The minimum Gasteiger partial charge on any atom is -0.432 e. The van der Waals surface area contributed by atoms with Crippen LogP contribution in [0.25, 0.3) is 11.0 Å². The standard InChI is InChI=1S/C10H7F5N2OS/c11-9(12,13)4-10(14,15)18-5-1-2-6-7(3-5)17-8(19)16-6/h1-3H,4H2,(H2,16,17,19). The number of benzene rings is 1. The number of hydrogen-bond donors (Lipinski definition) is 2. The fourth-order valence-electron chi connectivity index (χ4n) is 1.52. The van der Waals surface area contributed by atoms with E-state index >= 15 is 0 Å². The van der Waals surface area contributed by atoms with E-state index in [2.05, 4.69) is 14.7 Å². The van der Waals surface area contributed by atoms with Gasteiger partial charge in [-0.15, -0.1) is 0 Å². The second kappa shape index (κ2) is 4.48. The maximum Gasteiger partial charge on any atom is 0.406 e. The molecule has 0 spiro atoms. The second-order valence-corrected chi connectivity index (χ2v) is 4.23. The molecule has 0 atom stereocenters. The third-order valence-electron chi connectivity index (χ3n) is 2.16.